The number of ether oxygens (including phenoxy) is 3. The summed E-state index contributed by atoms with van der Waals surface area (Å²) in [6.07, 6.45) is 1.94. The zero-order chi connectivity index (χ0) is 23.8. The fraction of sp³-hybridized carbons (Fsp3) is 0.417. The van der Waals surface area contributed by atoms with Crippen molar-refractivity contribution in [1.82, 2.24) is 0 Å². The van der Waals surface area contributed by atoms with Gasteiger partial charge in [0.15, 0.2) is 0 Å². The summed E-state index contributed by atoms with van der Waals surface area (Å²) in [4.78, 5) is 27.4. The summed E-state index contributed by atoms with van der Waals surface area (Å²) in [5.41, 5.74) is 2.61. The van der Waals surface area contributed by atoms with E-state index in [1.54, 1.807) is 13.8 Å². The molecule has 0 radical (unpaired) electrons. The third kappa shape index (κ3) is 4.42. The van der Waals surface area contributed by atoms with Crippen molar-refractivity contribution in [2.24, 2.45) is 0 Å². The van der Waals surface area contributed by atoms with Crippen LogP contribution in [0.5, 0.6) is 5.75 Å². The number of esters is 2. The predicted molar refractivity (Wildman–Crippen MR) is 137 cm³/mol. The molecule has 3 aliphatic rings. The SMILES string of the molecule is CCOC(=O)C1=CC2(SC=C(C(=O)OCC)S2)C2=C(S1)C(C)(C)Nc1cc(OCC)ccc12. The van der Waals surface area contributed by atoms with Crippen LogP contribution in [0.15, 0.2) is 44.4 Å². The number of hydrogen-bond donors (Lipinski definition) is 1. The molecule has 1 unspecified atom stereocenters. The third-order valence-corrected chi connectivity index (χ3v) is 9.52. The number of benzene rings is 1. The molecule has 0 bridgehead atoms. The Morgan fingerprint density at radius 2 is 1.70 bits per heavy atom. The Labute approximate surface area is 206 Å². The maximum Gasteiger partial charge on any atom is 0.345 e. The van der Waals surface area contributed by atoms with Crippen LogP contribution < -0.4 is 10.1 Å². The van der Waals surface area contributed by atoms with E-state index in [2.05, 4.69) is 19.2 Å². The summed E-state index contributed by atoms with van der Waals surface area (Å²) in [5.74, 6) is 0.0897. The minimum atomic E-state index is -0.688. The lowest BCUT2D eigenvalue weighted by Crippen LogP contribution is -2.40. The molecule has 33 heavy (non-hydrogen) atoms. The minimum Gasteiger partial charge on any atom is -0.494 e. The van der Waals surface area contributed by atoms with Gasteiger partial charge in [-0.05, 0) is 58.2 Å². The van der Waals surface area contributed by atoms with Crippen molar-refractivity contribution in [1.29, 1.82) is 0 Å². The highest BCUT2D eigenvalue weighted by atomic mass is 32.2. The molecule has 9 heteroatoms. The van der Waals surface area contributed by atoms with E-state index in [4.69, 9.17) is 14.2 Å². The van der Waals surface area contributed by atoms with Crippen molar-refractivity contribution in [3.05, 3.63) is 50.0 Å². The molecule has 0 saturated carbocycles. The summed E-state index contributed by atoms with van der Waals surface area (Å²) in [6, 6.07) is 6.02. The summed E-state index contributed by atoms with van der Waals surface area (Å²) >= 11 is 4.37. The Morgan fingerprint density at radius 1 is 1.00 bits per heavy atom. The van der Waals surface area contributed by atoms with Crippen molar-refractivity contribution < 1.29 is 23.8 Å². The maximum atomic E-state index is 12.8. The molecule has 0 fully saturated rings. The lowest BCUT2D eigenvalue weighted by Gasteiger charge is -2.44. The van der Waals surface area contributed by atoms with Crippen LogP contribution in [-0.4, -0.2) is 41.4 Å². The topological polar surface area (TPSA) is 73.9 Å². The van der Waals surface area contributed by atoms with Crippen LogP contribution in [0.2, 0.25) is 0 Å². The van der Waals surface area contributed by atoms with Crippen LogP contribution in [0.25, 0.3) is 5.57 Å². The number of fused-ring (bicyclic) bond motifs is 3. The van der Waals surface area contributed by atoms with Gasteiger partial charge in [0.25, 0.3) is 0 Å². The zero-order valence-electron chi connectivity index (χ0n) is 19.3. The molecule has 4 rings (SSSR count). The second-order valence-electron chi connectivity index (χ2n) is 8.02. The Bertz CT molecular complexity index is 1090. The highest BCUT2D eigenvalue weighted by molar-refractivity contribution is 8.25. The Balaban J connectivity index is 1.86. The van der Waals surface area contributed by atoms with Crippen LogP contribution in [0, 0.1) is 0 Å². The first kappa shape index (κ1) is 24.2. The molecule has 3 heterocycles. The molecule has 1 aromatic rings. The van der Waals surface area contributed by atoms with Crippen LogP contribution >= 0.6 is 35.3 Å². The first-order valence-electron chi connectivity index (χ1n) is 10.9. The highest BCUT2D eigenvalue weighted by Gasteiger charge is 2.51. The van der Waals surface area contributed by atoms with Gasteiger partial charge < -0.3 is 19.5 Å². The van der Waals surface area contributed by atoms with Crippen molar-refractivity contribution in [2.75, 3.05) is 25.1 Å². The van der Waals surface area contributed by atoms with Crippen LogP contribution in [-0.2, 0) is 19.1 Å². The number of nitrogens with one attached hydrogen (secondary N) is 1. The Hall–Kier alpha value is -1.97. The van der Waals surface area contributed by atoms with Gasteiger partial charge in [0.05, 0.1) is 30.3 Å². The molecule has 1 N–H and O–H groups in total. The first-order chi connectivity index (χ1) is 15.7. The van der Waals surface area contributed by atoms with E-state index < -0.39 is 9.62 Å². The minimum absolute atomic E-state index is 0.299. The van der Waals surface area contributed by atoms with Gasteiger partial charge in [0.1, 0.15) is 14.7 Å². The highest BCUT2D eigenvalue weighted by Crippen LogP contribution is 2.65. The molecular weight excluding hydrogens is 478 g/mol. The van der Waals surface area contributed by atoms with Gasteiger partial charge >= 0.3 is 11.9 Å². The van der Waals surface area contributed by atoms with Crippen LogP contribution in [0.4, 0.5) is 5.69 Å². The largest absolute Gasteiger partial charge is 0.494 e. The normalized spacial score (nSPS) is 22.6. The van der Waals surface area contributed by atoms with Gasteiger partial charge in [0.2, 0.25) is 0 Å². The molecule has 176 valence electrons. The number of carbonyl (C=O) groups excluding carboxylic acids is 2. The van der Waals surface area contributed by atoms with Crippen molar-refractivity contribution in [3.63, 3.8) is 0 Å². The van der Waals surface area contributed by atoms with Crippen molar-refractivity contribution >= 4 is 58.5 Å². The standard InChI is InChI=1S/C24H27NO5S3/c1-6-28-14-9-10-15-16(11-14)25-23(4,5)20-19(15)24(12-17(32-20)21(26)29-7-2)31-13-18(33-24)22(27)30-8-3/h9-13,25H,6-8H2,1-5H3. The first-order valence-corrected chi connectivity index (χ1v) is 13.4. The Kier molecular flexibility index (Phi) is 6.85. The second-order valence-corrected chi connectivity index (χ2v) is 11.7. The van der Waals surface area contributed by atoms with Crippen LogP contribution in [0.3, 0.4) is 0 Å². The quantitative estimate of drug-likeness (QED) is 0.485. The molecule has 6 nitrogen and oxygen atoms in total. The van der Waals surface area contributed by atoms with E-state index in [9.17, 15) is 9.59 Å². The maximum absolute atomic E-state index is 12.8. The monoisotopic (exact) mass is 505 g/mol. The van der Waals surface area contributed by atoms with E-state index in [0.717, 1.165) is 27.5 Å². The summed E-state index contributed by atoms with van der Waals surface area (Å²) in [6.45, 7) is 10.9. The van der Waals surface area contributed by atoms with E-state index in [1.807, 2.05) is 36.6 Å². The number of anilines is 1. The zero-order valence-corrected chi connectivity index (χ0v) is 21.7. The lowest BCUT2D eigenvalue weighted by molar-refractivity contribution is -0.138. The molecule has 0 saturated heterocycles. The fourth-order valence-corrected chi connectivity index (χ4v) is 8.31. The molecule has 0 aromatic heterocycles. The molecule has 1 atom stereocenters. The number of hydrogen-bond acceptors (Lipinski definition) is 9. The molecule has 0 amide bonds. The van der Waals surface area contributed by atoms with E-state index in [1.165, 1.54) is 35.3 Å². The number of carbonyl (C=O) groups is 2. The lowest BCUT2D eigenvalue weighted by atomic mass is 9.87. The van der Waals surface area contributed by atoms with E-state index in [-0.39, 0.29) is 11.9 Å². The van der Waals surface area contributed by atoms with E-state index >= 15 is 0 Å². The summed E-state index contributed by atoms with van der Waals surface area (Å²) in [5, 5.41) is 5.46. The predicted octanol–water partition coefficient (Wildman–Crippen LogP) is 5.78. The van der Waals surface area contributed by atoms with Crippen molar-refractivity contribution in [2.45, 2.75) is 44.2 Å². The molecule has 1 spiro atoms. The summed E-state index contributed by atoms with van der Waals surface area (Å²) < 4.78 is 15.6. The molecule has 3 aliphatic heterocycles. The average Bonchev–Trinajstić information content (AvgIpc) is 3.18. The fourth-order valence-electron chi connectivity index (χ4n) is 3.96. The van der Waals surface area contributed by atoms with E-state index in [0.29, 0.717) is 29.6 Å². The summed E-state index contributed by atoms with van der Waals surface area (Å²) in [7, 11) is 0. The number of rotatable bonds is 6. The second kappa shape index (κ2) is 9.35. The van der Waals surface area contributed by atoms with Gasteiger partial charge in [0, 0.05) is 27.8 Å². The Morgan fingerprint density at radius 3 is 2.36 bits per heavy atom. The van der Waals surface area contributed by atoms with Gasteiger partial charge in [-0.2, -0.15) is 0 Å². The molecular formula is C24H27NO5S3. The smallest absolute Gasteiger partial charge is 0.345 e. The molecule has 1 aromatic carbocycles. The average molecular weight is 506 g/mol. The van der Waals surface area contributed by atoms with Gasteiger partial charge in [-0.25, -0.2) is 9.59 Å². The van der Waals surface area contributed by atoms with Gasteiger partial charge in [-0.3, -0.25) is 0 Å². The van der Waals surface area contributed by atoms with Crippen LogP contribution in [0.1, 0.15) is 40.2 Å². The molecule has 0 aliphatic carbocycles. The van der Waals surface area contributed by atoms with Crippen molar-refractivity contribution in [3.8, 4) is 5.75 Å². The third-order valence-electron chi connectivity index (χ3n) is 5.25. The van der Waals surface area contributed by atoms with Gasteiger partial charge in [-0.15, -0.1) is 11.8 Å². The van der Waals surface area contributed by atoms with Gasteiger partial charge in [-0.1, -0.05) is 23.5 Å². The number of thioether (sulfide) groups is 3.